The van der Waals surface area contributed by atoms with Gasteiger partial charge in [-0.1, -0.05) is 30.3 Å². The van der Waals surface area contributed by atoms with Crippen molar-refractivity contribution >= 4 is 5.78 Å². The summed E-state index contributed by atoms with van der Waals surface area (Å²) in [6.07, 6.45) is 1.61. The van der Waals surface area contributed by atoms with Crippen LogP contribution in [0.3, 0.4) is 0 Å². The molecule has 108 valence electrons. The zero-order valence-corrected chi connectivity index (χ0v) is 11.8. The van der Waals surface area contributed by atoms with Crippen molar-refractivity contribution in [2.75, 3.05) is 0 Å². The van der Waals surface area contributed by atoms with Crippen LogP contribution in [-0.2, 0) is 6.42 Å². The van der Waals surface area contributed by atoms with Crippen molar-refractivity contribution in [3.8, 4) is 0 Å². The van der Waals surface area contributed by atoms with Crippen molar-refractivity contribution in [1.82, 2.24) is 19.6 Å². The number of aryl methyl sites for hydroxylation is 2. The molecule has 2 aromatic heterocycles. The van der Waals surface area contributed by atoms with Crippen LogP contribution in [0.5, 0.6) is 0 Å². The molecule has 0 bridgehead atoms. The Bertz CT molecular complexity index is 806. The zero-order valence-electron chi connectivity index (χ0n) is 11.8. The number of nitrogens with two attached hydrogens (primary N) is 1. The first-order valence-corrected chi connectivity index (χ1v) is 6.89. The van der Waals surface area contributed by atoms with Gasteiger partial charge in [-0.25, -0.2) is 4.98 Å². The van der Waals surface area contributed by atoms with E-state index in [1.165, 1.54) is 16.1 Å². The largest absolute Gasteiger partial charge is 0.321 e. The van der Waals surface area contributed by atoms with Crippen molar-refractivity contribution in [3.05, 3.63) is 63.8 Å². The molecule has 1 aromatic carbocycles. The highest BCUT2D eigenvalue weighted by atomic mass is 16.1. The van der Waals surface area contributed by atoms with Gasteiger partial charge >= 0.3 is 0 Å². The smallest absolute Gasteiger partial charge is 0.274 e. The van der Waals surface area contributed by atoms with Crippen LogP contribution in [0.25, 0.3) is 5.78 Å². The molecule has 0 aliphatic rings. The predicted molar refractivity (Wildman–Crippen MR) is 80.0 cm³/mol. The van der Waals surface area contributed by atoms with Crippen molar-refractivity contribution in [2.45, 2.75) is 25.8 Å². The van der Waals surface area contributed by atoms with Gasteiger partial charge in [0.15, 0.2) is 0 Å². The second-order valence-corrected chi connectivity index (χ2v) is 5.11. The van der Waals surface area contributed by atoms with E-state index in [1.54, 1.807) is 6.92 Å². The summed E-state index contributed by atoms with van der Waals surface area (Å²) in [6.45, 7) is 1.77. The van der Waals surface area contributed by atoms with Crippen LogP contribution in [0.2, 0.25) is 0 Å². The molecule has 3 aromatic rings. The van der Waals surface area contributed by atoms with E-state index in [2.05, 4.69) is 27.2 Å². The Labute approximate surface area is 121 Å². The number of fused-ring (bicyclic) bond motifs is 1. The molecule has 0 aliphatic heterocycles. The minimum Gasteiger partial charge on any atom is -0.321 e. The molecule has 0 spiro atoms. The topological polar surface area (TPSA) is 89.1 Å². The average molecular weight is 283 g/mol. The van der Waals surface area contributed by atoms with Crippen molar-refractivity contribution in [3.63, 3.8) is 0 Å². The Morgan fingerprint density at radius 3 is 2.81 bits per heavy atom. The van der Waals surface area contributed by atoms with Gasteiger partial charge in [0.25, 0.3) is 11.3 Å². The van der Waals surface area contributed by atoms with Gasteiger partial charge in [-0.15, -0.1) is 0 Å². The molecule has 0 fully saturated rings. The van der Waals surface area contributed by atoms with Crippen LogP contribution in [0, 0.1) is 6.92 Å². The lowest BCUT2D eigenvalue weighted by Gasteiger charge is -2.07. The van der Waals surface area contributed by atoms with E-state index in [1.807, 2.05) is 18.2 Å². The maximum Gasteiger partial charge on any atom is 0.274 e. The third-order valence-electron chi connectivity index (χ3n) is 3.41. The number of hydrogen-bond acceptors (Lipinski definition) is 4. The second-order valence-electron chi connectivity index (χ2n) is 5.11. The van der Waals surface area contributed by atoms with Crippen molar-refractivity contribution in [1.29, 1.82) is 0 Å². The molecule has 6 heteroatoms. The van der Waals surface area contributed by atoms with Crippen molar-refractivity contribution in [2.24, 2.45) is 5.73 Å². The Balaban J connectivity index is 1.80. The van der Waals surface area contributed by atoms with Crippen molar-refractivity contribution < 1.29 is 0 Å². The summed E-state index contributed by atoms with van der Waals surface area (Å²) in [5.41, 5.74) is 7.86. The van der Waals surface area contributed by atoms with Gasteiger partial charge < -0.3 is 5.73 Å². The third kappa shape index (κ3) is 2.85. The first kappa shape index (κ1) is 13.5. The highest BCUT2D eigenvalue weighted by molar-refractivity contribution is 5.28. The number of nitrogens with one attached hydrogen (secondary N) is 1. The van der Waals surface area contributed by atoms with Gasteiger partial charge in [0.05, 0.1) is 6.04 Å². The Kier molecular flexibility index (Phi) is 3.53. The highest BCUT2D eigenvalue weighted by Gasteiger charge is 2.13. The number of H-pyrrole nitrogens is 1. The Morgan fingerprint density at radius 1 is 1.29 bits per heavy atom. The molecule has 6 nitrogen and oxygen atoms in total. The number of aromatic nitrogens is 4. The molecule has 3 rings (SSSR count). The number of rotatable bonds is 4. The van der Waals surface area contributed by atoms with E-state index in [-0.39, 0.29) is 11.6 Å². The quantitative estimate of drug-likeness (QED) is 0.756. The molecule has 0 saturated carbocycles. The molecule has 0 saturated heterocycles. The van der Waals surface area contributed by atoms with Gasteiger partial charge in [0.2, 0.25) is 0 Å². The van der Waals surface area contributed by atoms with E-state index in [9.17, 15) is 4.79 Å². The fraction of sp³-hybridized carbons (Fsp3) is 0.267. The first-order valence-electron chi connectivity index (χ1n) is 6.89. The van der Waals surface area contributed by atoms with Crippen LogP contribution in [0.1, 0.15) is 29.5 Å². The predicted octanol–water partition coefficient (Wildman–Crippen LogP) is 1.36. The molecule has 0 radical (unpaired) electrons. The highest BCUT2D eigenvalue weighted by Crippen LogP contribution is 2.13. The molecule has 2 heterocycles. The SMILES string of the molecule is Cc1cc(=O)n2[nH]c(C(N)CCc3ccccc3)nc2n1. The molecule has 0 amide bonds. The fourth-order valence-electron chi connectivity index (χ4n) is 2.28. The summed E-state index contributed by atoms with van der Waals surface area (Å²) >= 11 is 0. The summed E-state index contributed by atoms with van der Waals surface area (Å²) in [6, 6.07) is 11.4. The van der Waals surface area contributed by atoms with Crippen LogP contribution in [-0.4, -0.2) is 19.6 Å². The van der Waals surface area contributed by atoms with Crippen LogP contribution in [0.4, 0.5) is 0 Å². The Morgan fingerprint density at radius 2 is 2.05 bits per heavy atom. The van der Waals surface area contributed by atoms with Crippen LogP contribution in [0.15, 0.2) is 41.2 Å². The number of aromatic amines is 1. The normalized spacial score (nSPS) is 12.7. The molecule has 1 unspecified atom stereocenters. The summed E-state index contributed by atoms with van der Waals surface area (Å²) in [4.78, 5) is 20.4. The lowest BCUT2D eigenvalue weighted by molar-refractivity contribution is 0.610. The second kappa shape index (κ2) is 5.49. The van der Waals surface area contributed by atoms with Gasteiger partial charge in [0, 0.05) is 11.8 Å². The molecule has 21 heavy (non-hydrogen) atoms. The molecular formula is C15H17N5O. The number of hydrogen-bond donors (Lipinski definition) is 2. The Hall–Kier alpha value is -2.47. The summed E-state index contributed by atoms with van der Waals surface area (Å²) in [5, 5.41) is 2.93. The minimum atomic E-state index is -0.258. The first-order chi connectivity index (χ1) is 10.1. The van der Waals surface area contributed by atoms with E-state index in [0.29, 0.717) is 17.3 Å². The zero-order chi connectivity index (χ0) is 14.8. The summed E-state index contributed by atoms with van der Waals surface area (Å²) in [7, 11) is 0. The average Bonchev–Trinajstić information content (AvgIpc) is 2.90. The van der Waals surface area contributed by atoms with Crippen LogP contribution < -0.4 is 11.3 Å². The molecule has 3 N–H and O–H groups in total. The molecule has 0 aliphatic carbocycles. The van der Waals surface area contributed by atoms with E-state index < -0.39 is 0 Å². The number of nitrogens with zero attached hydrogens (tertiary/aromatic N) is 3. The monoisotopic (exact) mass is 283 g/mol. The maximum atomic E-state index is 11.8. The minimum absolute atomic E-state index is 0.175. The van der Waals surface area contributed by atoms with Gasteiger partial charge in [-0.2, -0.15) is 9.50 Å². The lowest BCUT2D eigenvalue weighted by atomic mass is 10.1. The van der Waals surface area contributed by atoms with E-state index >= 15 is 0 Å². The molecule has 1 atom stereocenters. The third-order valence-corrected chi connectivity index (χ3v) is 3.41. The van der Waals surface area contributed by atoms with Gasteiger partial charge in [0.1, 0.15) is 5.82 Å². The van der Waals surface area contributed by atoms with E-state index in [0.717, 1.165) is 12.8 Å². The maximum absolute atomic E-state index is 11.8. The van der Waals surface area contributed by atoms with E-state index in [4.69, 9.17) is 5.73 Å². The molecular weight excluding hydrogens is 266 g/mol. The van der Waals surface area contributed by atoms with Gasteiger partial charge in [-0.3, -0.25) is 9.89 Å². The number of benzene rings is 1. The summed E-state index contributed by atoms with van der Waals surface area (Å²) < 4.78 is 1.32. The van der Waals surface area contributed by atoms with Gasteiger partial charge in [-0.05, 0) is 25.3 Å². The lowest BCUT2D eigenvalue weighted by Crippen LogP contribution is -2.16. The van der Waals surface area contributed by atoms with Crippen LogP contribution >= 0.6 is 0 Å². The summed E-state index contributed by atoms with van der Waals surface area (Å²) in [5.74, 6) is 0.950. The standard InChI is InChI=1S/C15H17N5O/c1-10-9-13(21)20-15(17-10)18-14(19-20)12(16)8-7-11-5-3-2-4-6-11/h2-6,9,12H,7-8,16H2,1H3,(H,17,18,19). The fourth-order valence-corrected chi connectivity index (χ4v) is 2.28.